The zero-order valence-corrected chi connectivity index (χ0v) is 10.0. The Labute approximate surface area is 96.0 Å². The van der Waals surface area contributed by atoms with Crippen LogP contribution in [0.4, 0.5) is 10.1 Å². The Morgan fingerprint density at radius 2 is 2.29 bits per heavy atom. The van der Waals surface area contributed by atoms with Crippen molar-refractivity contribution in [1.82, 2.24) is 5.32 Å². The summed E-state index contributed by atoms with van der Waals surface area (Å²) >= 11 is 8.10. The van der Waals surface area contributed by atoms with Crippen molar-refractivity contribution in [2.45, 2.75) is 6.92 Å². The van der Waals surface area contributed by atoms with Gasteiger partial charge in [-0.3, -0.25) is 0 Å². The number of benzene rings is 1. The van der Waals surface area contributed by atoms with Crippen molar-refractivity contribution in [3.63, 3.8) is 0 Å². The molecule has 1 aromatic carbocycles. The third-order valence-corrected chi connectivity index (χ3v) is 2.26. The van der Waals surface area contributed by atoms with Crippen LogP contribution < -0.4 is 10.6 Å². The molecule has 0 saturated heterocycles. The molecule has 0 heterocycles. The van der Waals surface area contributed by atoms with Gasteiger partial charge in [-0.05, 0) is 37.3 Å². The van der Waals surface area contributed by atoms with E-state index in [-0.39, 0.29) is 5.82 Å². The Morgan fingerprint density at radius 1 is 1.57 bits per heavy atom. The highest BCUT2D eigenvalue weighted by molar-refractivity contribution is 9.10. The third kappa shape index (κ3) is 3.23. The molecule has 0 spiro atoms. The number of hydrogen-bond acceptors (Lipinski definition) is 1. The molecule has 2 nitrogen and oxygen atoms in total. The van der Waals surface area contributed by atoms with Crippen molar-refractivity contribution < 1.29 is 4.39 Å². The lowest BCUT2D eigenvalue weighted by molar-refractivity contribution is 0.631. The second-order valence-corrected chi connectivity index (χ2v) is 3.93. The van der Waals surface area contributed by atoms with Gasteiger partial charge in [-0.1, -0.05) is 15.9 Å². The summed E-state index contributed by atoms with van der Waals surface area (Å²) in [6, 6.07) is 4.76. The van der Waals surface area contributed by atoms with E-state index >= 15 is 0 Å². The molecule has 0 aromatic heterocycles. The zero-order chi connectivity index (χ0) is 10.6. The minimum absolute atomic E-state index is 0.334. The van der Waals surface area contributed by atoms with Crippen LogP contribution in [0.3, 0.4) is 0 Å². The quantitative estimate of drug-likeness (QED) is 0.813. The largest absolute Gasteiger partial charge is 0.363 e. The molecule has 0 aliphatic rings. The Morgan fingerprint density at radius 3 is 2.86 bits per heavy atom. The molecule has 0 atom stereocenters. The number of rotatable bonds is 2. The van der Waals surface area contributed by atoms with E-state index in [1.54, 1.807) is 12.1 Å². The van der Waals surface area contributed by atoms with Crippen LogP contribution in [-0.2, 0) is 0 Å². The van der Waals surface area contributed by atoms with Crippen molar-refractivity contribution >= 4 is 38.9 Å². The molecule has 5 heteroatoms. The molecule has 0 aliphatic heterocycles. The van der Waals surface area contributed by atoms with E-state index < -0.39 is 0 Å². The average molecular weight is 277 g/mol. The molecular formula is C9H10BrFN2S. The Bertz CT molecular complexity index is 344. The van der Waals surface area contributed by atoms with Crippen LogP contribution in [0.1, 0.15) is 6.92 Å². The smallest absolute Gasteiger partial charge is 0.170 e. The maximum absolute atomic E-state index is 13.3. The van der Waals surface area contributed by atoms with Gasteiger partial charge in [0.1, 0.15) is 5.82 Å². The first-order chi connectivity index (χ1) is 6.63. The molecule has 0 unspecified atom stereocenters. The van der Waals surface area contributed by atoms with E-state index in [1.165, 1.54) is 6.07 Å². The highest BCUT2D eigenvalue weighted by Crippen LogP contribution is 2.18. The molecule has 1 aromatic rings. The molecule has 0 saturated carbocycles. The fraction of sp³-hybridized carbons (Fsp3) is 0.222. The minimum Gasteiger partial charge on any atom is -0.363 e. The van der Waals surface area contributed by atoms with Crippen LogP contribution >= 0.6 is 28.1 Å². The number of nitrogens with one attached hydrogen (secondary N) is 2. The Hall–Kier alpha value is -0.680. The second kappa shape index (κ2) is 5.26. The Balaban J connectivity index is 2.72. The second-order valence-electron chi connectivity index (χ2n) is 2.61. The molecule has 76 valence electrons. The number of anilines is 1. The summed E-state index contributed by atoms with van der Waals surface area (Å²) in [5.41, 5.74) is 0.374. The third-order valence-electron chi connectivity index (χ3n) is 1.52. The van der Waals surface area contributed by atoms with Gasteiger partial charge >= 0.3 is 0 Å². The van der Waals surface area contributed by atoms with E-state index in [0.29, 0.717) is 21.8 Å². The first kappa shape index (κ1) is 11.4. The van der Waals surface area contributed by atoms with E-state index in [1.807, 2.05) is 6.92 Å². The molecule has 2 N–H and O–H groups in total. The van der Waals surface area contributed by atoms with Crippen molar-refractivity contribution in [1.29, 1.82) is 0 Å². The summed E-state index contributed by atoms with van der Waals surface area (Å²) in [4.78, 5) is 0. The lowest BCUT2D eigenvalue weighted by Crippen LogP contribution is -2.28. The fourth-order valence-corrected chi connectivity index (χ4v) is 1.51. The first-order valence-electron chi connectivity index (χ1n) is 4.13. The Kier molecular flexibility index (Phi) is 4.28. The molecule has 14 heavy (non-hydrogen) atoms. The topological polar surface area (TPSA) is 24.1 Å². The number of thiocarbonyl (C=S) groups is 1. The van der Waals surface area contributed by atoms with Crippen molar-refractivity contribution in [2.24, 2.45) is 0 Å². The summed E-state index contributed by atoms with van der Waals surface area (Å²) in [5, 5.41) is 6.07. The van der Waals surface area contributed by atoms with Crippen LogP contribution in [-0.4, -0.2) is 11.7 Å². The molecule has 0 fully saturated rings. The zero-order valence-electron chi connectivity index (χ0n) is 7.60. The van der Waals surface area contributed by atoms with Gasteiger partial charge < -0.3 is 10.6 Å². The summed E-state index contributed by atoms with van der Waals surface area (Å²) < 4.78 is 14.0. The van der Waals surface area contributed by atoms with Crippen LogP contribution in [0, 0.1) is 5.82 Å². The first-order valence-corrected chi connectivity index (χ1v) is 5.33. The normalized spacial score (nSPS) is 9.64. The summed E-state index contributed by atoms with van der Waals surface area (Å²) in [5.74, 6) is -0.334. The van der Waals surface area contributed by atoms with Crippen LogP contribution in [0.25, 0.3) is 0 Å². The van der Waals surface area contributed by atoms with Crippen LogP contribution in [0.5, 0.6) is 0 Å². The van der Waals surface area contributed by atoms with Crippen molar-refractivity contribution in [3.8, 4) is 0 Å². The van der Waals surface area contributed by atoms with E-state index in [9.17, 15) is 4.39 Å². The van der Waals surface area contributed by atoms with Gasteiger partial charge in [-0.25, -0.2) is 4.39 Å². The van der Waals surface area contributed by atoms with Crippen LogP contribution in [0.15, 0.2) is 22.7 Å². The molecule has 1 rings (SSSR count). The van der Waals surface area contributed by atoms with Gasteiger partial charge in [0.2, 0.25) is 0 Å². The average Bonchev–Trinajstić information content (AvgIpc) is 2.10. The van der Waals surface area contributed by atoms with Crippen molar-refractivity contribution in [2.75, 3.05) is 11.9 Å². The van der Waals surface area contributed by atoms with Gasteiger partial charge in [0, 0.05) is 11.0 Å². The molecule has 0 amide bonds. The maximum Gasteiger partial charge on any atom is 0.170 e. The van der Waals surface area contributed by atoms with Gasteiger partial charge in [0.05, 0.1) is 5.69 Å². The van der Waals surface area contributed by atoms with Crippen molar-refractivity contribution in [3.05, 3.63) is 28.5 Å². The van der Waals surface area contributed by atoms with E-state index in [0.717, 1.165) is 0 Å². The molecule has 0 radical (unpaired) electrons. The highest BCUT2D eigenvalue weighted by atomic mass is 79.9. The standard InChI is InChI=1S/C9H10BrFN2S/c1-2-12-9(14)13-8-4-3-6(10)5-7(8)11/h3-5H,2H2,1H3,(H2,12,13,14). The lowest BCUT2D eigenvalue weighted by atomic mass is 10.3. The highest BCUT2D eigenvalue weighted by Gasteiger charge is 2.03. The van der Waals surface area contributed by atoms with E-state index in [4.69, 9.17) is 12.2 Å². The monoisotopic (exact) mass is 276 g/mol. The minimum atomic E-state index is -0.334. The summed E-state index contributed by atoms with van der Waals surface area (Å²) in [6.07, 6.45) is 0. The van der Waals surface area contributed by atoms with Crippen LogP contribution in [0.2, 0.25) is 0 Å². The van der Waals surface area contributed by atoms with Gasteiger partial charge in [-0.15, -0.1) is 0 Å². The maximum atomic E-state index is 13.3. The number of halogens is 2. The van der Waals surface area contributed by atoms with Gasteiger partial charge in [0.15, 0.2) is 5.11 Å². The predicted molar refractivity (Wildman–Crippen MR) is 64.0 cm³/mol. The summed E-state index contributed by atoms with van der Waals surface area (Å²) in [6.45, 7) is 2.63. The number of hydrogen-bond donors (Lipinski definition) is 2. The van der Waals surface area contributed by atoms with Gasteiger partial charge in [0.25, 0.3) is 0 Å². The fourth-order valence-electron chi connectivity index (χ4n) is 0.918. The van der Waals surface area contributed by atoms with E-state index in [2.05, 4.69) is 26.6 Å². The summed E-state index contributed by atoms with van der Waals surface area (Å²) in [7, 11) is 0. The lowest BCUT2D eigenvalue weighted by Gasteiger charge is -2.09. The predicted octanol–water partition coefficient (Wildman–Crippen LogP) is 2.89. The molecular weight excluding hydrogens is 267 g/mol. The molecule has 0 aliphatic carbocycles. The molecule has 0 bridgehead atoms. The SMILES string of the molecule is CCNC(=S)Nc1ccc(Br)cc1F. The van der Waals surface area contributed by atoms with Gasteiger partial charge in [-0.2, -0.15) is 0 Å².